The normalized spacial score (nSPS) is 10.8. The molecule has 0 fully saturated rings. The Balaban J connectivity index is 1.65. The maximum atomic E-state index is 5.24. The van der Waals surface area contributed by atoms with Crippen LogP contribution in [0.5, 0.6) is 0 Å². The third-order valence-electron chi connectivity index (χ3n) is 3.33. The average Bonchev–Trinajstić information content (AvgIpc) is 3.26. The van der Waals surface area contributed by atoms with Gasteiger partial charge in [0.2, 0.25) is 5.82 Å². The molecule has 0 saturated heterocycles. The summed E-state index contributed by atoms with van der Waals surface area (Å²) in [5.74, 6) is 0.731. The van der Waals surface area contributed by atoms with Crippen LogP contribution in [0.1, 0.15) is 5.56 Å². The van der Waals surface area contributed by atoms with Crippen LogP contribution in [0.3, 0.4) is 0 Å². The molecule has 7 heteroatoms. The Morgan fingerprint density at radius 1 is 1.00 bits per heavy atom. The summed E-state index contributed by atoms with van der Waals surface area (Å²) in [6, 6.07) is 13.5. The molecule has 0 atom stereocenters. The quantitative estimate of drug-likeness (QED) is 0.578. The van der Waals surface area contributed by atoms with E-state index in [2.05, 4.69) is 25.4 Å². The molecule has 1 aromatic carbocycles. The fraction of sp³-hybridized carbons (Fsp3) is 0.0625. The van der Waals surface area contributed by atoms with Crippen molar-refractivity contribution in [1.82, 2.24) is 30.1 Å². The van der Waals surface area contributed by atoms with Gasteiger partial charge in [0.05, 0.1) is 11.9 Å². The summed E-state index contributed by atoms with van der Waals surface area (Å²) >= 11 is 0. The second-order valence-corrected chi connectivity index (χ2v) is 5.02. The minimum atomic E-state index is 0.352. The minimum Gasteiger partial charge on any atom is -0.332 e. The predicted octanol–water partition coefficient (Wildman–Crippen LogP) is 2.69. The number of pyridine rings is 1. The van der Waals surface area contributed by atoms with Crippen molar-refractivity contribution >= 4 is 0 Å². The van der Waals surface area contributed by atoms with Crippen LogP contribution in [0.4, 0.5) is 0 Å². The molecule has 0 radical (unpaired) electrons. The third kappa shape index (κ3) is 2.59. The van der Waals surface area contributed by atoms with Crippen molar-refractivity contribution in [3.8, 4) is 28.8 Å². The molecule has 0 aliphatic carbocycles. The van der Waals surface area contributed by atoms with Crippen LogP contribution in [-0.4, -0.2) is 30.1 Å². The highest BCUT2D eigenvalue weighted by Gasteiger charge is 2.14. The van der Waals surface area contributed by atoms with E-state index in [4.69, 9.17) is 4.52 Å². The molecule has 4 aromatic rings. The van der Waals surface area contributed by atoms with Crippen LogP contribution >= 0.6 is 0 Å². The summed E-state index contributed by atoms with van der Waals surface area (Å²) in [6.45, 7) is 2.04. The zero-order chi connectivity index (χ0) is 15.6. The summed E-state index contributed by atoms with van der Waals surface area (Å²) in [6.07, 6.45) is 3.44. The number of hydrogen-bond donors (Lipinski definition) is 0. The lowest BCUT2D eigenvalue weighted by Crippen LogP contribution is -1.94. The van der Waals surface area contributed by atoms with Crippen molar-refractivity contribution in [3.63, 3.8) is 0 Å². The van der Waals surface area contributed by atoms with Crippen LogP contribution in [0.25, 0.3) is 28.8 Å². The van der Waals surface area contributed by atoms with Gasteiger partial charge in [-0.25, -0.2) is 4.68 Å². The van der Waals surface area contributed by atoms with Crippen LogP contribution in [0.15, 0.2) is 59.4 Å². The zero-order valence-corrected chi connectivity index (χ0v) is 12.3. The highest BCUT2D eigenvalue weighted by Crippen LogP contribution is 2.19. The first-order valence-corrected chi connectivity index (χ1v) is 7.04. The van der Waals surface area contributed by atoms with E-state index in [1.807, 2.05) is 43.3 Å². The first-order chi connectivity index (χ1) is 11.3. The number of rotatable bonds is 3. The van der Waals surface area contributed by atoms with Crippen molar-refractivity contribution in [1.29, 1.82) is 0 Å². The molecule has 0 aliphatic heterocycles. The lowest BCUT2D eigenvalue weighted by atomic mass is 10.2. The number of hydrogen-bond acceptors (Lipinski definition) is 6. The van der Waals surface area contributed by atoms with E-state index < -0.39 is 0 Å². The highest BCUT2D eigenvalue weighted by molar-refractivity contribution is 5.53. The van der Waals surface area contributed by atoms with E-state index >= 15 is 0 Å². The molecular formula is C16H12N6O. The fourth-order valence-corrected chi connectivity index (χ4v) is 2.11. The molecule has 0 bridgehead atoms. The molecule has 7 nitrogen and oxygen atoms in total. The Kier molecular flexibility index (Phi) is 3.16. The molecule has 0 N–H and O–H groups in total. The van der Waals surface area contributed by atoms with E-state index in [0.717, 1.165) is 5.69 Å². The molecule has 0 unspecified atom stereocenters. The number of aromatic nitrogens is 6. The van der Waals surface area contributed by atoms with Crippen molar-refractivity contribution in [2.45, 2.75) is 6.92 Å². The van der Waals surface area contributed by atoms with Gasteiger partial charge in [-0.1, -0.05) is 34.1 Å². The molecule has 0 spiro atoms. The van der Waals surface area contributed by atoms with Gasteiger partial charge in [0.25, 0.3) is 5.89 Å². The minimum absolute atomic E-state index is 0.352. The first kappa shape index (κ1) is 13.3. The van der Waals surface area contributed by atoms with E-state index in [1.54, 1.807) is 23.1 Å². The molecular weight excluding hydrogens is 292 g/mol. The Morgan fingerprint density at radius 2 is 1.87 bits per heavy atom. The molecule has 0 amide bonds. The van der Waals surface area contributed by atoms with E-state index in [1.165, 1.54) is 5.56 Å². The SMILES string of the molecule is Cc1ccc(-n2cc(-c3noc(-c4ccccn4)n3)nn2)cc1. The topological polar surface area (TPSA) is 82.5 Å². The second kappa shape index (κ2) is 5.45. The van der Waals surface area contributed by atoms with Crippen molar-refractivity contribution in [3.05, 3.63) is 60.4 Å². The van der Waals surface area contributed by atoms with Crippen LogP contribution in [0, 0.1) is 6.92 Å². The van der Waals surface area contributed by atoms with E-state index in [-0.39, 0.29) is 0 Å². The lowest BCUT2D eigenvalue weighted by Gasteiger charge is -1.99. The van der Waals surface area contributed by atoms with Crippen LogP contribution in [-0.2, 0) is 0 Å². The molecule has 3 aromatic heterocycles. The van der Waals surface area contributed by atoms with Gasteiger partial charge in [-0.3, -0.25) is 4.98 Å². The largest absolute Gasteiger partial charge is 0.332 e. The fourth-order valence-electron chi connectivity index (χ4n) is 2.11. The standard InChI is InChI=1S/C16H12N6O/c1-11-5-7-12(8-6-11)22-10-14(19-21-22)15-18-16(23-20-15)13-4-2-3-9-17-13/h2-10H,1H3. The van der Waals surface area contributed by atoms with Crippen molar-refractivity contribution < 1.29 is 4.52 Å². The summed E-state index contributed by atoms with van der Waals surface area (Å²) in [5, 5.41) is 12.1. The van der Waals surface area contributed by atoms with Crippen LogP contribution in [0.2, 0.25) is 0 Å². The summed E-state index contributed by atoms with van der Waals surface area (Å²) < 4.78 is 6.91. The molecule has 23 heavy (non-hydrogen) atoms. The monoisotopic (exact) mass is 304 g/mol. The highest BCUT2D eigenvalue weighted by atomic mass is 16.5. The second-order valence-electron chi connectivity index (χ2n) is 5.02. The predicted molar refractivity (Wildman–Crippen MR) is 82.6 cm³/mol. The maximum Gasteiger partial charge on any atom is 0.276 e. The summed E-state index contributed by atoms with van der Waals surface area (Å²) in [5.41, 5.74) is 3.27. The van der Waals surface area contributed by atoms with Gasteiger partial charge in [0, 0.05) is 6.20 Å². The average molecular weight is 304 g/mol. The van der Waals surface area contributed by atoms with Crippen LogP contribution < -0.4 is 0 Å². The number of nitrogens with zero attached hydrogens (tertiary/aromatic N) is 6. The summed E-state index contributed by atoms with van der Waals surface area (Å²) in [7, 11) is 0. The first-order valence-electron chi connectivity index (χ1n) is 7.04. The molecule has 3 heterocycles. The van der Waals surface area contributed by atoms with Gasteiger partial charge < -0.3 is 4.52 Å². The molecule has 0 saturated carbocycles. The Labute approximate surface area is 131 Å². The number of benzene rings is 1. The van der Waals surface area contributed by atoms with Gasteiger partial charge in [0.15, 0.2) is 5.69 Å². The maximum absolute atomic E-state index is 5.24. The third-order valence-corrected chi connectivity index (χ3v) is 3.33. The smallest absolute Gasteiger partial charge is 0.276 e. The molecule has 112 valence electrons. The summed E-state index contributed by atoms with van der Waals surface area (Å²) in [4.78, 5) is 8.50. The van der Waals surface area contributed by atoms with Gasteiger partial charge in [-0.2, -0.15) is 4.98 Å². The molecule has 0 aliphatic rings. The van der Waals surface area contributed by atoms with Gasteiger partial charge >= 0.3 is 0 Å². The van der Waals surface area contributed by atoms with Gasteiger partial charge in [-0.05, 0) is 31.2 Å². The number of aryl methyl sites for hydroxylation is 1. The van der Waals surface area contributed by atoms with E-state index in [0.29, 0.717) is 23.1 Å². The Morgan fingerprint density at radius 3 is 2.65 bits per heavy atom. The van der Waals surface area contributed by atoms with Gasteiger partial charge in [0.1, 0.15) is 5.69 Å². The van der Waals surface area contributed by atoms with Gasteiger partial charge in [-0.15, -0.1) is 5.10 Å². The van der Waals surface area contributed by atoms with E-state index in [9.17, 15) is 0 Å². The molecule has 4 rings (SSSR count). The Hall–Kier alpha value is -3.35. The van der Waals surface area contributed by atoms with Crippen molar-refractivity contribution in [2.75, 3.05) is 0 Å². The zero-order valence-electron chi connectivity index (χ0n) is 12.3. The Bertz CT molecular complexity index is 927. The van der Waals surface area contributed by atoms with Crippen molar-refractivity contribution in [2.24, 2.45) is 0 Å². The lowest BCUT2D eigenvalue weighted by molar-refractivity contribution is 0.431.